The Morgan fingerprint density at radius 1 is 1.34 bits per heavy atom. The van der Waals surface area contributed by atoms with Crippen molar-refractivity contribution in [3.05, 3.63) is 44.0 Å². The Labute approximate surface area is 163 Å². The number of hydrogen-bond acceptors (Lipinski definition) is 8. The number of benzene rings is 1. The second kappa shape index (κ2) is 7.49. The third-order valence-corrected chi connectivity index (χ3v) is 4.72. The first kappa shape index (κ1) is 20.2. The number of methoxy groups -OCH3 is 2. The van der Waals surface area contributed by atoms with E-state index < -0.39 is 46.0 Å². The molecule has 1 aliphatic carbocycles. The Balaban J connectivity index is 2.40. The van der Waals surface area contributed by atoms with Crippen molar-refractivity contribution >= 4 is 34.2 Å². The molecule has 0 spiro atoms. The highest BCUT2D eigenvalue weighted by molar-refractivity contribution is 5.99. The van der Waals surface area contributed by atoms with Gasteiger partial charge in [-0.05, 0) is 18.9 Å². The predicted octanol–water partition coefficient (Wildman–Crippen LogP) is 1.78. The monoisotopic (exact) mass is 407 g/mol. The van der Waals surface area contributed by atoms with Gasteiger partial charge in [-0.15, -0.1) is 0 Å². The highest BCUT2D eigenvalue weighted by atomic mass is 19.1. The highest BCUT2D eigenvalue weighted by Gasteiger charge is 2.35. The van der Waals surface area contributed by atoms with E-state index in [-0.39, 0.29) is 22.5 Å². The molecule has 0 saturated heterocycles. The molecule has 0 unspecified atom stereocenters. The van der Waals surface area contributed by atoms with E-state index in [9.17, 15) is 28.9 Å². The first-order valence-corrected chi connectivity index (χ1v) is 8.63. The van der Waals surface area contributed by atoms with Gasteiger partial charge in [0, 0.05) is 19.3 Å². The van der Waals surface area contributed by atoms with Gasteiger partial charge in [0.1, 0.15) is 17.6 Å². The van der Waals surface area contributed by atoms with E-state index in [2.05, 4.69) is 9.47 Å². The van der Waals surface area contributed by atoms with Gasteiger partial charge >= 0.3 is 17.6 Å². The van der Waals surface area contributed by atoms with Crippen LogP contribution in [-0.4, -0.2) is 49.2 Å². The number of carbonyl (C=O) groups excluding carboxylic acids is 2. The lowest BCUT2D eigenvalue weighted by Gasteiger charge is -2.21. The average Bonchev–Trinajstić information content (AvgIpc) is 3.51. The summed E-state index contributed by atoms with van der Waals surface area (Å²) in [6, 6.07) is 0.670. The molecule has 0 atom stereocenters. The van der Waals surface area contributed by atoms with E-state index in [1.54, 1.807) is 0 Å². The van der Waals surface area contributed by atoms with Crippen LogP contribution >= 0.6 is 0 Å². The molecule has 0 aliphatic heterocycles. The first-order valence-electron chi connectivity index (χ1n) is 8.63. The zero-order valence-corrected chi connectivity index (χ0v) is 15.9. The summed E-state index contributed by atoms with van der Waals surface area (Å²) in [6.07, 6.45) is 2.57. The van der Waals surface area contributed by atoms with Crippen molar-refractivity contribution in [1.29, 1.82) is 0 Å². The number of nitro benzene ring substituents is 1. The summed E-state index contributed by atoms with van der Waals surface area (Å²) in [6.45, 7) is -0.437. The van der Waals surface area contributed by atoms with Crippen LogP contribution in [0.15, 0.2) is 17.1 Å². The SMILES string of the molecule is COC(=O)CN(C)c1c(F)cc2c(=O)c(C(=O)OC)cn(C3CC3)c2c1[N+](=O)[O-]. The number of pyridine rings is 1. The van der Waals surface area contributed by atoms with Crippen molar-refractivity contribution < 1.29 is 28.4 Å². The molecular formula is C18H18FN3O7. The Kier molecular flexibility index (Phi) is 5.23. The zero-order chi connectivity index (χ0) is 21.5. The topological polar surface area (TPSA) is 121 Å². The van der Waals surface area contributed by atoms with Crippen LogP contribution in [-0.2, 0) is 14.3 Å². The minimum atomic E-state index is -1.07. The molecule has 29 heavy (non-hydrogen) atoms. The number of ether oxygens (including phenoxy) is 2. The third kappa shape index (κ3) is 3.50. The fraction of sp³-hybridized carbons (Fsp3) is 0.389. The molecule has 0 amide bonds. The lowest BCUT2D eigenvalue weighted by atomic mass is 10.1. The summed E-state index contributed by atoms with van der Waals surface area (Å²) in [5.41, 5.74) is -2.42. The maximum absolute atomic E-state index is 14.9. The van der Waals surface area contributed by atoms with Gasteiger partial charge < -0.3 is 18.9 Å². The maximum atomic E-state index is 14.9. The van der Waals surface area contributed by atoms with Crippen LogP contribution in [0.5, 0.6) is 0 Å². The molecule has 0 N–H and O–H groups in total. The summed E-state index contributed by atoms with van der Waals surface area (Å²) >= 11 is 0. The van der Waals surface area contributed by atoms with Crippen LogP contribution in [0.25, 0.3) is 10.9 Å². The van der Waals surface area contributed by atoms with Crippen molar-refractivity contribution in [3.63, 3.8) is 0 Å². The summed E-state index contributed by atoms with van der Waals surface area (Å²) in [5.74, 6) is -2.71. The molecule has 1 heterocycles. The smallest absolute Gasteiger partial charge is 0.343 e. The number of halogens is 1. The first-order chi connectivity index (χ1) is 13.7. The Hall–Kier alpha value is -3.50. The number of anilines is 1. The average molecular weight is 407 g/mol. The van der Waals surface area contributed by atoms with Crippen LogP contribution in [0.2, 0.25) is 0 Å². The van der Waals surface area contributed by atoms with E-state index in [0.29, 0.717) is 12.8 Å². The normalized spacial score (nSPS) is 13.2. The van der Waals surface area contributed by atoms with Gasteiger partial charge in [0.15, 0.2) is 11.5 Å². The highest BCUT2D eigenvalue weighted by Crippen LogP contribution is 2.43. The minimum Gasteiger partial charge on any atom is -0.468 e. The summed E-state index contributed by atoms with van der Waals surface area (Å²) < 4.78 is 25.5. The molecule has 1 saturated carbocycles. The fourth-order valence-corrected chi connectivity index (χ4v) is 3.23. The lowest BCUT2D eigenvalue weighted by Crippen LogP contribution is -2.28. The van der Waals surface area contributed by atoms with E-state index in [0.717, 1.165) is 25.2 Å². The van der Waals surface area contributed by atoms with Crippen molar-refractivity contribution in [3.8, 4) is 0 Å². The Morgan fingerprint density at radius 2 is 2.00 bits per heavy atom. The van der Waals surface area contributed by atoms with E-state index in [1.807, 2.05) is 0 Å². The second-order valence-corrected chi connectivity index (χ2v) is 6.64. The van der Waals surface area contributed by atoms with Crippen LogP contribution in [0.4, 0.5) is 15.8 Å². The van der Waals surface area contributed by atoms with Gasteiger partial charge in [0.05, 0.1) is 24.5 Å². The number of aromatic nitrogens is 1. The molecule has 1 aromatic heterocycles. The molecule has 1 fully saturated rings. The molecule has 10 nitrogen and oxygen atoms in total. The summed E-state index contributed by atoms with van der Waals surface area (Å²) in [5, 5.41) is 11.6. The van der Waals surface area contributed by atoms with Gasteiger partial charge in [0.2, 0.25) is 5.43 Å². The number of esters is 2. The summed E-state index contributed by atoms with van der Waals surface area (Å²) in [7, 11) is 3.54. The number of nitrogens with zero attached hydrogens (tertiary/aromatic N) is 3. The standard InChI is InChI=1S/C18H18FN3O7/c1-20(8-13(23)28-2)15-12(19)6-10-14(16(15)22(26)27)21(9-4-5-9)7-11(17(10)24)18(25)29-3/h6-7,9H,4-5,8H2,1-3H3. The maximum Gasteiger partial charge on any atom is 0.343 e. The number of likely N-dealkylation sites (N-methyl/N-ethyl adjacent to an activating group) is 1. The number of hydrogen-bond donors (Lipinski definition) is 0. The van der Waals surface area contributed by atoms with Gasteiger partial charge in [-0.2, -0.15) is 0 Å². The van der Waals surface area contributed by atoms with Crippen molar-refractivity contribution in [2.24, 2.45) is 0 Å². The third-order valence-electron chi connectivity index (χ3n) is 4.72. The largest absolute Gasteiger partial charge is 0.468 e. The van der Waals surface area contributed by atoms with Crippen LogP contribution in [0.1, 0.15) is 29.2 Å². The van der Waals surface area contributed by atoms with Gasteiger partial charge in [-0.1, -0.05) is 0 Å². The van der Waals surface area contributed by atoms with Crippen LogP contribution in [0.3, 0.4) is 0 Å². The van der Waals surface area contributed by atoms with Crippen molar-refractivity contribution in [1.82, 2.24) is 4.57 Å². The molecule has 154 valence electrons. The second-order valence-electron chi connectivity index (χ2n) is 6.64. The quantitative estimate of drug-likeness (QED) is 0.404. The number of nitro groups is 1. The van der Waals surface area contributed by atoms with Crippen molar-refractivity contribution in [2.45, 2.75) is 18.9 Å². The zero-order valence-electron chi connectivity index (χ0n) is 15.9. The number of rotatable bonds is 6. The Morgan fingerprint density at radius 3 is 2.52 bits per heavy atom. The van der Waals surface area contributed by atoms with E-state index >= 15 is 0 Å². The fourth-order valence-electron chi connectivity index (χ4n) is 3.23. The van der Waals surface area contributed by atoms with Gasteiger partial charge in [0.25, 0.3) is 0 Å². The van der Waals surface area contributed by atoms with Gasteiger partial charge in [-0.25, -0.2) is 9.18 Å². The van der Waals surface area contributed by atoms with Crippen molar-refractivity contribution in [2.75, 3.05) is 32.7 Å². The molecule has 1 aliphatic rings. The van der Waals surface area contributed by atoms with Crippen LogP contribution in [0, 0.1) is 15.9 Å². The number of carbonyl (C=O) groups is 2. The minimum absolute atomic E-state index is 0.108. The van der Waals surface area contributed by atoms with E-state index in [4.69, 9.17) is 0 Å². The lowest BCUT2D eigenvalue weighted by molar-refractivity contribution is -0.382. The molecule has 3 rings (SSSR count). The summed E-state index contributed by atoms with van der Waals surface area (Å²) in [4.78, 5) is 48.5. The molecule has 2 aromatic rings. The Bertz CT molecular complexity index is 1090. The molecule has 0 radical (unpaired) electrons. The van der Waals surface area contributed by atoms with E-state index in [1.165, 1.54) is 17.8 Å². The number of fused-ring (bicyclic) bond motifs is 1. The van der Waals surface area contributed by atoms with Crippen LogP contribution < -0.4 is 10.3 Å². The van der Waals surface area contributed by atoms with Gasteiger partial charge in [-0.3, -0.25) is 19.7 Å². The molecular weight excluding hydrogens is 389 g/mol. The molecule has 0 bridgehead atoms. The molecule has 1 aromatic carbocycles. The molecule has 11 heteroatoms. The predicted molar refractivity (Wildman–Crippen MR) is 99.7 cm³/mol.